The van der Waals surface area contributed by atoms with E-state index in [-0.39, 0.29) is 0 Å². The van der Waals surface area contributed by atoms with Gasteiger partial charge in [0.05, 0.1) is 18.7 Å². The molecule has 1 aromatic heterocycles. The quantitative estimate of drug-likeness (QED) is 0.640. The molecule has 0 saturated carbocycles. The highest BCUT2D eigenvalue weighted by atomic mass is 16.5. The number of hydrogen-bond donors (Lipinski definition) is 0. The van der Waals surface area contributed by atoms with E-state index >= 15 is 0 Å². The van der Waals surface area contributed by atoms with E-state index in [4.69, 9.17) is 9.15 Å². The van der Waals surface area contributed by atoms with Crippen LogP contribution in [0.3, 0.4) is 0 Å². The molecule has 1 aromatic rings. The van der Waals surface area contributed by atoms with Crippen molar-refractivity contribution in [2.75, 3.05) is 13.2 Å². The molecule has 0 amide bonds. The minimum atomic E-state index is 0.382. The molecule has 1 fully saturated rings. The van der Waals surface area contributed by atoms with Crippen molar-refractivity contribution in [1.29, 1.82) is 0 Å². The lowest BCUT2D eigenvalue weighted by atomic mass is 10.0. The molecule has 1 unspecified atom stereocenters. The number of ether oxygens (including phenoxy) is 1. The van der Waals surface area contributed by atoms with Crippen LogP contribution in [0.25, 0.3) is 0 Å². The molecular weight excluding hydrogens is 154 g/mol. The molecule has 0 N–H and O–H groups in total. The SMILES string of the molecule is Cc1cnc(C2CCCOC2)o1. The molecule has 0 radical (unpaired) electrons. The van der Waals surface area contributed by atoms with Gasteiger partial charge in [-0.05, 0) is 19.8 Å². The van der Waals surface area contributed by atoms with Crippen LogP contribution in [0, 0.1) is 6.92 Å². The van der Waals surface area contributed by atoms with Gasteiger partial charge < -0.3 is 9.15 Å². The van der Waals surface area contributed by atoms with Gasteiger partial charge in [0.2, 0.25) is 0 Å². The number of aryl methyl sites for hydroxylation is 1. The molecule has 12 heavy (non-hydrogen) atoms. The molecule has 1 aliphatic rings. The van der Waals surface area contributed by atoms with Gasteiger partial charge in [0.15, 0.2) is 5.89 Å². The van der Waals surface area contributed by atoms with Gasteiger partial charge in [0.1, 0.15) is 5.76 Å². The van der Waals surface area contributed by atoms with Crippen molar-refractivity contribution in [3.8, 4) is 0 Å². The molecule has 3 nitrogen and oxygen atoms in total. The zero-order chi connectivity index (χ0) is 8.39. The average molecular weight is 167 g/mol. The Bertz CT molecular complexity index is 251. The van der Waals surface area contributed by atoms with Crippen LogP contribution in [-0.2, 0) is 4.74 Å². The van der Waals surface area contributed by atoms with E-state index in [0.29, 0.717) is 5.92 Å². The molecule has 1 saturated heterocycles. The van der Waals surface area contributed by atoms with Gasteiger partial charge in [-0.15, -0.1) is 0 Å². The number of nitrogens with zero attached hydrogens (tertiary/aromatic N) is 1. The second kappa shape index (κ2) is 3.27. The van der Waals surface area contributed by atoms with Gasteiger partial charge >= 0.3 is 0 Å². The van der Waals surface area contributed by atoms with Crippen LogP contribution in [-0.4, -0.2) is 18.2 Å². The highest BCUT2D eigenvalue weighted by Crippen LogP contribution is 2.24. The van der Waals surface area contributed by atoms with Crippen LogP contribution >= 0.6 is 0 Å². The minimum absolute atomic E-state index is 0.382. The zero-order valence-corrected chi connectivity index (χ0v) is 7.25. The summed E-state index contributed by atoms with van der Waals surface area (Å²) in [7, 11) is 0. The normalized spacial score (nSPS) is 24.2. The maximum atomic E-state index is 5.43. The predicted molar refractivity (Wildman–Crippen MR) is 44.0 cm³/mol. The van der Waals surface area contributed by atoms with E-state index in [2.05, 4.69) is 4.98 Å². The molecule has 2 heterocycles. The van der Waals surface area contributed by atoms with Crippen LogP contribution in [0.15, 0.2) is 10.6 Å². The predicted octanol–water partition coefficient (Wildman–Crippen LogP) is 1.88. The van der Waals surface area contributed by atoms with E-state index in [1.165, 1.54) is 0 Å². The first-order valence-corrected chi connectivity index (χ1v) is 4.36. The summed E-state index contributed by atoms with van der Waals surface area (Å²) in [6.07, 6.45) is 4.02. The van der Waals surface area contributed by atoms with Crippen molar-refractivity contribution in [1.82, 2.24) is 4.98 Å². The molecule has 0 spiro atoms. The molecule has 2 rings (SSSR count). The fourth-order valence-electron chi connectivity index (χ4n) is 1.50. The van der Waals surface area contributed by atoms with Crippen molar-refractivity contribution >= 4 is 0 Å². The largest absolute Gasteiger partial charge is 0.446 e. The minimum Gasteiger partial charge on any atom is -0.446 e. The third-order valence-electron chi connectivity index (χ3n) is 2.15. The Morgan fingerprint density at radius 1 is 1.58 bits per heavy atom. The Morgan fingerprint density at radius 2 is 2.50 bits per heavy atom. The molecular formula is C9H13NO2. The second-order valence-corrected chi connectivity index (χ2v) is 3.22. The first-order valence-electron chi connectivity index (χ1n) is 4.36. The Hall–Kier alpha value is -0.830. The van der Waals surface area contributed by atoms with Crippen molar-refractivity contribution in [2.45, 2.75) is 25.7 Å². The summed E-state index contributed by atoms with van der Waals surface area (Å²) in [5.74, 6) is 2.11. The summed E-state index contributed by atoms with van der Waals surface area (Å²) in [6.45, 7) is 3.57. The standard InChI is InChI=1S/C9H13NO2/c1-7-5-10-9(12-7)8-3-2-4-11-6-8/h5,8H,2-4,6H2,1H3. The van der Waals surface area contributed by atoms with Crippen LogP contribution in [0.2, 0.25) is 0 Å². The fraction of sp³-hybridized carbons (Fsp3) is 0.667. The highest BCUT2D eigenvalue weighted by Gasteiger charge is 2.19. The molecule has 1 atom stereocenters. The van der Waals surface area contributed by atoms with E-state index in [1.54, 1.807) is 6.20 Å². The summed E-state index contributed by atoms with van der Waals surface area (Å²) < 4.78 is 10.8. The van der Waals surface area contributed by atoms with Gasteiger partial charge in [-0.25, -0.2) is 4.98 Å². The van der Waals surface area contributed by atoms with E-state index < -0.39 is 0 Å². The molecule has 3 heteroatoms. The Labute approximate surface area is 71.7 Å². The third-order valence-corrected chi connectivity index (χ3v) is 2.15. The number of rotatable bonds is 1. The lowest BCUT2D eigenvalue weighted by Gasteiger charge is -2.18. The second-order valence-electron chi connectivity index (χ2n) is 3.22. The number of aromatic nitrogens is 1. The van der Waals surface area contributed by atoms with Crippen molar-refractivity contribution in [2.24, 2.45) is 0 Å². The van der Waals surface area contributed by atoms with Crippen molar-refractivity contribution in [3.05, 3.63) is 17.8 Å². The summed E-state index contributed by atoms with van der Waals surface area (Å²) in [5, 5.41) is 0. The summed E-state index contributed by atoms with van der Waals surface area (Å²) >= 11 is 0. The third kappa shape index (κ3) is 1.50. The zero-order valence-electron chi connectivity index (χ0n) is 7.25. The summed E-state index contributed by atoms with van der Waals surface area (Å²) in [4.78, 5) is 4.19. The van der Waals surface area contributed by atoms with Crippen molar-refractivity contribution < 1.29 is 9.15 Å². The van der Waals surface area contributed by atoms with Gasteiger partial charge in [-0.2, -0.15) is 0 Å². The van der Waals surface area contributed by atoms with Gasteiger partial charge in [-0.1, -0.05) is 0 Å². The first kappa shape index (κ1) is 7.80. The topological polar surface area (TPSA) is 35.3 Å². The van der Waals surface area contributed by atoms with Crippen LogP contribution in [0.5, 0.6) is 0 Å². The fourth-order valence-corrected chi connectivity index (χ4v) is 1.50. The molecule has 0 aromatic carbocycles. The number of oxazole rings is 1. The van der Waals surface area contributed by atoms with E-state index in [9.17, 15) is 0 Å². The Morgan fingerprint density at radius 3 is 3.08 bits per heavy atom. The van der Waals surface area contributed by atoms with Crippen molar-refractivity contribution in [3.63, 3.8) is 0 Å². The first-order chi connectivity index (χ1) is 5.86. The van der Waals surface area contributed by atoms with E-state index in [1.807, 2.05) is 6.92 Å². The lowest BCUT2D eigenvalue weighted by molar-refractivity contribution is 0.0723. The van der Waals surface area contributed by atoms with Gasteiger partial charge in [0, 0.05) is 6.61 Å². The molecule has 1 aliphatic heterocycles. The van der Waals surface area contributed by atoms with Crippen LogP contribution in [0.4, 0.5) is 0 Å². The van der Waals surface area contributed by atoms with Crippen LogP contribution in [0.1, 0.15) is 30.4 Å². The Balaban J connectivity index is 2.08. The molecule has 0 bridgehead atoms. The van der Waals surface area contributed by atoms with Gasteiger partial charge in [-0.3, -0.25) is 0 Å². The maximum absolute atomic E-state index is 5.43. The Kier molecular flexibility index (Phi) is 2.13. The van der Waals surface area contributed by atoms with E-state index in [0.717, 1.165) is 37.7 Å². The maximum Gasteiger partial charge on any atom is 0.199 e. The smallest absolute Gasteiger partial charge is 0.199 e. The number of hydrogen-bond acceptors (Lipinski definition) is 3. The lowest BCUT2D eigenvalue weighted by Crippen LogP contribution is -2.15. The van der Waals surface area contributed by atoms with Crippen LogP contribution < -0.4 is 0 Å². The summed E-state index contributed by atoms with van der Waals surface area (Å²) in [5.41, 5.74) is 0. The molecule has 0 aliphatic carbocycles. The highest BCUT2D eigenvalue weighted by molar-refractivity contribution is 4.97. The van der Waals surface area contributed by atoms with Gasteiger partial charge in [0.25, 0.3) is 0 Å². The monoisotopic (exact) mass is 167 g/mol. The summed E-state index contributed by atoms with van der Waals surface area (Å²) in [6, 6.07) is 0. The average Bonchev–Trinajstić information content (AvgIpc) is 2.54. The molecule has 66 valence electrons.